The molecule has 1 aliphatic heterocycles. The van der Waals surface area contributed by atoms with Crippen LogP contribution in [0.1, 0.15) is 61.0 Å². The van der Waals surface area contributed by atoms with Crippen LogP contribution in [0.15, 0.2) is 53.8 Å². The normalized spacial score (nSPS) is 19.8. The molecular weight excluding hydrogens is 493 g/mol. The number of alkyl halides is 3. The number of likely N-dealkylation sites (tertiary alicyclic amines) is 1. The van der Waals surface area contributed by atoms with Crippen molar-refractivity contribution in [2.75, 3.05) is 13.1 Å². The van der Waals surface area contributed by atoms with Gasteiger partial charge in [-0.05, 0) is 73.4 Å². The number of nitrogens with zero attached hydrogens (tertiary/aromatic N) is 6. The second-order valence-corrected chi connectivity index (χ2v) is 11.0. The highest BCUT2D eigenvalue weighted by atomic mass is 19.4. The van der Waals surface area contributed by atoms with Gasteiger partial charge in [0.2, 0.25) is 0 Å². The van der Waals surface area contributed by atoms with Crippen LogP contribution in [0.3, 0.4) is 0 Å². The zero-order valence-corrected chi connectivity index (χ0v) is 21.5. The third kappa shape index (κ3) is 4.66. The van der Waals surface area contributed by atoms with E-state index >= 15 is 0 Å². The second kappa shape index (κ2) is 9.41. The summed E-state index contributed by atoms with van der Waals surface area (Å²) < 4.78 is 46.9. The summed E-state index contributed by atoms with van der Waals surface area (Å²) in [7, 11) is 1.90. The molecule has 1 aromatic carbocycles. The molecule has 38 heavy (non-hydrogen) atoms. The van der Waals surface area contributed by atoms with Crippen LogP contribution in [0.4, 0.5) is 13.2 Å². The van der Waals surface area contributed by atoms with Gasteiger partial charge in [-0.1, -0.05) is 19.1 Å². The summed E-state index contributed by atoms with van der Waals surface area (Å²) in [6.45, 7) is 4.24. The van der Waals surface area contributed by atoms with E-state index in [0.717, 1.165) is 54.6 Å². The van der Waals surface area contributed by atoms with Gasteiger partial charge < -0.3 is 4.57 Å². The van der Waals surface area contributed by atoms with E-state index in [4.69, 9.17) is 0 Å². The third-order valence-corrected chi connectivity index (χ3v) is 7.90. The minimum atomic E-state index is -4.58. The molecule has 1 aliphatic carbocycles. The second-order valence-electron chi connectivity index (χ2n) is 11.0. The number of benzene rings is 1. The number of piperidine rings is 1. The van der Waals surface area contributed by atoms with E-state index in [1.165, 1.54) is 16.8 Å². The van der Waals surface area contributed by atoms with Crippen molar-refractivity contribution >= 4 is 5.52 Å². The first-order valence-corrected chi connectivity index (χ1v) is 13.2. The molecule has 6 rings (SSSR count). The van der Waals surface area contributed by atoms with Crippen molar-refractivity contribution in [1.29, 1.82) is 0 Å². The highest BCUT2D eigenvalue weighted by molar-refractivity contribution is 5.58. The van der Waals surface area contributed by atoms with Crippen LogP contribution < -0.4 is 5.69 Å². The van der Waals surface area contributed by atoms with Gasteiger partial charge >= 0.3 is 11.9 Å². The van der Waals surface area contributed by atoms with Crippen LogP contribution in [-0.2, 0) is 19.8 Å². The molecule has 3 aromatic heterocycles. The first kappa shape index (κ1) is 24.9. The van der Waals surface area contributed by atoms with Crippen LogP contribution in [0.2, 0.25) is 0 Å². The van der Waals surface area contributed by atoms with Crippen LogP contribution in [0.5, 0.6) is 0 Å². The number of hydrogen-bond acceptors (Lipinski definition) is 4. The number of fused-ring (bicyclic) bond motifs is 1. The van der Waals surface area contributed by atoms with Crippen LogP contribution in [-0.4, -0.2) is 41.7 Å². The van der Waals surface area contributed by atoms with E-state index < -0.39 is 17.4 Å². The summed E-state index contributed by atoms with van der Waals surface area (Å²) in [5.74, 6) is 1.79. The number of imidazole rings is 1. The van der Waals surface area contributed by atoms with Gasteiger partial charge in [-0.2, -0.15) is 13.2 Å². The standard InChI is InChI=1S/C28H31F3N6O/c1-18-5-4-10-35(13-18)14-19-11-23(28(29,30)31)24-16-36(27(38)37(24)15-19)22-7-3-6-21(12-22)25(20-8-9-20)26-33-32-17-34(26)2/h3,6-7,11-12,15-18,20,25H,4-5,8-10,13-14H2,1-2H3/t18-,25+/m0/s1. The van der Waals surface area contributed by atoms with Crippen molar-refractivity contribution in [1.82, 2.24) is 28.6 Å². The van der Waals surface area contributed by atoms with E-state index in [1.54, 1.807) is 18.6 Å². The fraction of sp³-hybridized carbons (Fsp3) is 0.464. The van der Waals surface area contributed by atoms with Gasteiger partial charge in [0.05, 0.1) is 16.8 Å². The molecule has 4 aromatic rings. The Labute approximate surface area is 218 Å². The molecule has 2 atom stereocenters. The van der Waals surface area contributed by atoms with Gasteiger partial charge in [0.15, 0.2) is 0 Å². The molecule has 1 saturated heterocycles. The number of rotatable bonds is 6. The average molecular weight is 525 g/mol. The maximum absolute atomic E-state index is 14.2. The molecule has 0 unspecified atom stereocenters. The minimum Gasteiger partial charge on any atom is -0.320 e. The lowest BCUT2D eigenvalue weighted by Crippen LogP contribution is -2.34. The molecule has 2 fully saturated rings. The van der Waals surface area contributed by atoms with Crippen molar-refractivity contribution in [3.8, 4) is 5.69 Å². The molecule has 0 radical (unpaired) electrons. The monoisotopic (exact) mass is 524 g/mol. The smallest absolute Gasteiger partial charge is 0.320 e. The highest BCUT2D eigenvalue weighted by Crippen LogP contribution is 2.46. The molecule has 200 valence electrons. The van der Waals surface area contributed by atoms with Gasteiger partial charge in [-0.3, -0.25) is 13.9 Å². The van der Waals surface area contributed by atoms with Crippen molar-refractivity contribution in [3.05, 3.63) is 82.1 Å². The Bertz CT molecular complexity index is 1530. The number of aromatic nitrogens is 5. The number of hydrogen-bond donors (Lipinski definition) is 0. The molecular formula is C28H31F3N6O. The number of pyridine rings is 1. The molecule has 10 heteroatoms. The number of halogens is 3. The SMILES string of the molecule is C[C@H]1CCCN(Cc2cc(C(F)(F)F)c3cn(-c4cccc([C@H](c5nncn5C)C5CC5)c4)c(=O)n3c2)C1. The van der Waals surface area contributed by atoms with Crippen molar-refractivity contribution in [2.24, 2.45) is 18.9 Å². The molecule has 7 nitrogen and oxygen atoms in total. The van der Waals surface area contributed by atoms with E-state index in [2.05, 4.69) is 22.0 Å². The number of aryl methyl sites for hydroxylation is 1. The van der Waals surface area contributed by atoms with Gasteiger partial charge in [0.1, 0.15) is 12.2 Å². The molecule has 0 amide bonds. The first-order valence-electron chi connectivity index (χ1n) is 13.2. The topological polar surface area (TPSA) is 60.4 Å². The zero-order valence-electron chi connectivity index (χ0n) is 21.5. The highest BCUT2D eigenvalue weighted by Gasteiger charge is 2.37. The summed E-state index contributed by atoms with van der Waals surface area (Å²) in [6.07, 6.45) is 4.27. The summed E-state index contributed by atoms with van der Waals surface area (Å²) in [5.41, 5.74) is 0.544. The van der Waals surface area contributed by atoms with Crippen LogP contribution in [0.25, 0.3) is 11.2 Å². The maximum atomic E-state index is 14.2. The zero-order chi connectivity index (χ0) is 26.6. The summed E-state index contributed by atoms with van der Waals surface area (Å²) in [6, 6.07) is 8.68. The molecule has 0 spiro atoms. The Morgan fingerprint density at radius 2 is 1.95 bits per heavy atom. The Morgan fingerprint density at radius 3 is 2.63 bits per heavy atom. The summed E-state index contributed by atoms with van der Waals surface area (Å²) >= 11 is 0. The lowest BCUT2D eigenvalue weighted by Gasteiger charge is -2.31. The average Bonchev–Trinajstić information content (AvgIpc) is 3.53. The van der Waals surface area contributed by atoms with Crippen LogP contribution in [0, 0.1) is 11.8 Å². The summed E-state index contributed by atoms with van der Waals surface area (Å²) in [4.78, 5) is 15.7. The lowest BCUT2D eigenvalue weighted by atomic mass is 9.93. The predicted octanol–water partition coefficient (Wildman–Crippen LogP) is 5.01. The van der Waals surface area contributed by atoms with Crippen LogP contribution >= 0.6 is 0 Å². The Morgan fingerprint density at radius 1 is 1.13 bits per heavy atom. The Hall–Kier alpha value is -3.40. The van der Waals surface area contributed by atoms with E-state index in [-0.39, 0.29) is 11.4 Å². The summed E-state index contributed by atoms with van der Waals surface area (Å²) in [5, 5.41) is 8.35. The van der Waals surface area contributed by atoms with Crippen molar-refractivity contribution in [2.45, 2.75) is 51.2 Å². The third-order valence-electron chi connectivity index (χ3n) is 7.90. The van der Waals surface area contributed by atoms with Gasteiger partial charge in [0, 0.05) is 38.4 Å². The quantitative estimate of drug-likeness (QED) is 0.356. The molecule has 4 heterocycles. The predicted molar refractivity (Wildman–Crippen MR) is 137 cm³/mol. The van der Waals surface area contributed by atoms with E-state index in [0.29, 0.717) is 29.6 Å². The molecule has 1 saturated carbocycles. The maximum Gasteiger partial charge on any atom is 0.418 e. The molecule has 0 N–H and O–H groups in total. The van der Waals surface area contributed by atoms with Crippen molar-refractivity contribution in [3.63, 3.8) is 0 Å². The fourth-order valence-electron chi connectivity index (χ4n) is 5.94. The minimum absolute atomic E-state index is 0.0134. The van der Waals surface area contributed by atoms with Crippen molar-refractivity contribution < 1.29 is 13.2 Å². The Balaban J connectivity index is 1.42. The van der Waals surface area contributed by atoms with Gasteiger partial charge in [-0.25, -0.2) is 4.79 Å². The molecule has 0 bridgehead atoms. The largest absolute Gasteiger partial charge is 0.418 e. The van der Waals surface area contributed by atoms with E-state index in [9.17, 15) is 18.0 Å². The molecule has 2 aliphatic rings. The Kier molecular flexibility index (Phi) is 6.17. The van der Waals surface area contributed by atoms with Gasteiger partial charge in [0.25, 0.3) is 0 Å². The fourth-order valence-corrected chi connectivity index (χ4v) is 5.94. The first-order chi connectivity index (χ1) is 18.2. The van der Waals surface area contributed by atoms with Gasteiger partial charge in [-0.15, -0.1) is 10.2 Å². The lowest BCUT2D eigenvalue weighted by molar-refractivity contribution is -0.136. The van der Waals surface area contributed by atoms with E-state index in [1.807, 2.05) is 29.8 Å².